The summed E-state index contributed by atoms with van der Waals surface area (Å²) >= 11 is 2.83. The van der Waals surface area contributed by atoms with E-state index in [0.717, 1.165) is 6.42 Å². The molecule has 0 fully saturated rings. The number of hydrogen-bond donors (Lipinski definition) is 3. The Morgan fingerprint density at radius 3 is 2.74 bits per heavy atom. The Labute approximate surface area is 117 Å². The fourth-order valence-electron chi connectivity index (χ4n) is 1.48. The van der Waals surface area contributed by atoms with Gasteiger partial charge in [0.15, 0.2) is 0 Å². The summed E-state index contributed by atoms with van der Waals surface area (Å²) in [5, 5.41) is 18.1. The molecule has 100 valence electrons. The molecule has 0 unspecified atom stereocenters. The molecule has 0 aliphatic carbocycles. The van der Waals surface area contributed by atoms with Gasteiger partial charge in [-0.15, -0.1) is 22.7 Å². The van der Waals surface area contributed by atoms with Gasteiger partial charge in [-0.2, -0.15) is 0 Å². The summed E-state index contributed by atoms with van der Waals surface area (Å²) in [7, 11) is 0. The molecule has 2 amide bonds. The highest BCUT2D eigenvalue weighted by Gasteiger charge is 2.13. The fraction of sp³-hybridized carbons (Fsp3) is 0.167. The number of amides is 2. The van der Waals surface area contributed by atoms with Crippen LogP contribution in [0, 0.1) is 0 Å². The Morgan fingerprint density at radius 2 is 2.05 bits per heavy atom. The fourth-order valence-corrected chi connectivity index (χ4v) is 2.96. The lowest BCUT2D eigenvalue weighted by Crippen LogP contribution is -2.30. The zero-order valence-corrected chi connectivity index (χ0v) is 11.5. The van der Waals surface area contributed by atoms with Crippen molar-refractivity contribution in [2.75, 3.05) is 11.9 Å². The van der Waals surface area contributed by atoms with Gasteiger partial charge in [-0.05, 0) is 29.3 Å². The molecule has 2 aromatic heterocycles. The maximum absolute atomic E-state index is 11.6. The second kappa shape index (κ2) is 6.35. The molecule has 0 bridgehead atoms. The maximum atomic E-state index is 11.6. The van der Waals surface area contributed by atoms with Crippen molar-refractivity contribution < 1.29 is 14.7 Å². The minimum Gasteiger partial charge on any atom is -0.478 e. The van der Waals surface area contributed by atoms with Crippen molar-refractivity contribution in [1.82, 2.24) is 5.32 Å². The minimum atomic E-state index is -1.05. The SMILES string of the molecule is O=C(NCCc1cccs1)Nc1sccc1C(=O)O. The van der Waals surface area contributed by atoms with Gasteiger partial charge >= 0.3 is 12.0 Å². The molecule has 7 heteroatoms. The van der Waals surface area contributed by atoms with Gasteiger partial charge in [0.25, 0.3) is 0 Å². The highest BCUT2D eigenvalue weighted by atomic mass is 32.1. The molecule has 0 atom stereocenters. The smallest absolute Gasteiger partial charge is 0.338 e. The third-order valence-corrected chi connectivity index (χ3v) is 4.13. The van der Waals surface area contributed by atoms with Gasteiger partial charge in [0.05, 0.1) is 5.56 Å². The molecular weight excluding hydrogens is 284 g/mol. The maximum Gasteiger partial charge on any atom is 0.338 e. The summed E-state index contributed by atoms with van der Waals surface area (Å²) in [5.41, 5.74) is 0.110. The molecule has 19 heavy (non-hydrogen) atoms. The summed E-state index contributed by atoms with van der Waals surface area (Å²) in [6.45, 7) is 0.514. The van der Waals surface area contributed by atoms with Crippen LogP contribution < -0.4 is 10.6 Å². The van der Waals surface area contributed by atoms with Gasteiger partial charge in [0, 0.05) is 11.4 Å². The molecule has 0 aliphatic rings. The number of carbonyl (C=O) groups excluding carboxylic acids is 1. The van der Waals surface area contributed by atoms with Crippen molar-refractivity contribution in [1.29, 1.82) is 0 Å². The number of rotatable bonds is 5. The molecule has 0 radical (unpaired) electrons. The van der Waals surface area contributed by atoms with Crippen molar-refractivity contribution in [3.63, 3.8) is 0 Å². The molecule has 0 spiro atoms. The third-order valence-electron chi connectivity index (χ3n) is 2.36. The first-order valence-corrected chi connectivity index (χ1v) is 7.31. The average Bonchev–Trinajstić information content (AvgIpc) is 2.99. The molecule has 0 saturated heterocycles. The lowest BCUT2D eigenvalue weighted by Gasteiger charge is -2.06. The molecular formula is C12H12N2O3S2. The predicted octanol–water partition coefficient (Wildman–Crippen LogP) is 2.87. The molecule has 2 aromatic rings. The Kier molecular flexibility index (Phi) is 4.53. The van der Waals surface area contributed by atoms with E-state index in [-0.39, 0.29) is 11.6 Å². The van der Waals surface area contributed by atoms with Crippen molar-refractivity contribution in [3.05, 3.63) is 39.4 Å². The predicted molar refractivity (Wildman–Crippen MR) is 76.3 cm³/mol. The van der Waals surface area contributed by atoms with Crippen LogP contribution in [0.4, 0.5) is 9.80 Å². The first-order valence-electron chi connectivity index (χ1n) is 5.55. The number of carboxylic acid groups (broad SMARTS) is 1. The summed E-state index contributed by atoms with van der Waals surface area (Å²) in [5.74, 6) is -1.05. The minimum absolute atomic E-state index is 0.110. The number of thiophene rings is 2. The normalized spacial score (nSPS) is 10.1. The van der Waals surface area contributed by atoms with Gasteiger partial charge < -0.3 is 10.4 Å². The Balaban J connectivity index is 1.81. The molecule has 0 aliphatic heterocycles. The molecule has 5 nitrogen and oxygen atoms in total. The number of carbonyl (C=O) groups is 2. The van der Waals surface area contributed by atoms with Crippen LogP contribution in [-0.2, 0) is 6.42 Å². The van der Waals surface area contributed by atoms with Crippen LogP contribution in [0.3, 0.4) is 0 Å². The van der Waals surface area contributed by atoms with E-state index >= 15 is 0 Å². The van der Waals surface area contributed by atoms with Crippen LogP contribution in [-0.4, -0.2) is 23.7 Å². The molecule has 0 aromatic carbocycles. The molecule has 2 heterocycles. The van der Waals surface area contributed by atoms with E-state index in [1.165, 1.54) is 22.3 Å². The lowest BCUT2D eigenvalue weighted by molar-refractivity contribution is 0.0698. The zero-order chi connectivity index (χ0) is 13.7. The van der Waals surface area contributed by atoms with E-state index in [2.05, 4.69) is 10.6 Å². The first-order chi connectivity index (χ1) is 9.16. The van der Waals surface area contributed by atoms with Gasteiger partial charge in [-0.3, -0.25) is 5.32 Å². The molecule has 2 rings (SSSR count). The van der Waals surface area contributed by atoms with Crippen molar-refractivity contribution in [3.8, 4) is 0 Å². The number of urea groups is 1. The van der Waals surface area contributed by atoms with E-state index in [4.69, 9.17) is 5.11 Å². The summed E-state index contributed by atoms with van der Waals surface area (Å²) in [4.78, 5) is 23.7. The first kappa shape index (κ1) is 13.6. The van der Waals surface area contributed by atoms with Crippen molar-refractivity contribution in [2.45, 2.75) is 6.42 Å². The Hall–Kier alpha value is -1.86. The number of aromatic carboxylic acids is 1. The average molecular weight is 296 g/mol. The van der Waals surface area contributed by atoms with Crippen molar-refractivity contribution in [2.24, 2.45) is 0 Å². The number of nitrogens with one attached hydrogen (secondary N) is 2. The number of carboxylic acids is 1. The molecule has 3 N–H and O–H groups in total. The molecule has 0 saturated carbocycles. The quantitative estimate of drug-likeness (QED) is 0.794. The van der Waals surface area contributed by atoms with Crippen LogP contribution >= 0.6 is 22.7 Å². The van der Waals surface area contributed by atoms with Crippen LogP contribution in [0.15, 0.2) is 29.0 Å². The van der Waals surface area contributed by atoms with E-state index in [0.29, 0.717) is 11.5 Å². The largest absolute Gasteiger partial charge is 0.478 e. The zero-order valence-electron chi connectivity index (χ0n) is 9.88. The highest BCUT2D eigenvalue weighted by molar-refractivity contribution is 7.14. The second-order valence-electron chi connectivity index (χ2n) is 3.68. The van der Waals surface area contributed by atoms with E-state index in [9.17, 15) is 9.59 Å². The van der Waals surface area contributed by atoms with Crippen LogP contribution in [0.25, 0.3) is 0 Å². The number of hydrogen-bond acceptors (Lipinski definition) is 4. The van der Waals surface area contributed by atoms with E-state index in [1.54, 1.807) is 16.7 Å². The van der Waals surface area contributed by atoms with Gasteiger partial charge in [-0.25, -0.2) is 9.59 Å². The Bertz CT molecular complexity index is 563. The Morgan fingerprint density at radius 1 is 1.21 bits per heavy atom. The number of anilines is 1. The van der Waals surface area contributed by atoms with Crippen LogP contribution in [0.2, 0.25) is 0 Å². The lowest BCUT2D eigenvalue weighted by atomic mass is 10.3. The topological polar surface area (TPSA) is 78.4 Å². The second-order valence-corrected chi connectivity index (χ2v) is 5.63. The third kappa shape index (κ3) is 3.80. The van der Waals surface area contributed by atoms with E-state index < -0.39 is 5.97 Å². The summed E-state index contributed by atoms with van der Waals surface area (Å²) in [6, 6.07) is 5.05. The van der Waals surface area contributed by atoms with Gasteiger partial charge in [-0.1, -0.05) is 6.07 Å². The van der Waals surface area contributed by atoms with Crippen molar-refractivity contribution >= 4 is 39.7 Å². The standard InChI is InChI=1S/C12H12N2O3S2/c15-11(16)9-4-7-19-10(9)14-12(17)13-5-3-8-2-1-6-18-8/h1-2,4,6-7H,3,5H2,(H,15,16)(H2,13,14,17). The monoisotopic (exact) mass is 296 g/mol. The van der Waals surface area contributed by atoms with Gasteiger partial charge in [0.1, 0.15) is 5.00 Å². The van der Waals surface area contributed by atoms with E-state index in [1.807, 2.05) is 17.5 Å². The van der Waals surface area contributed by atoms with Crippen LogP contribution in [0.5, 0.6) is 0 Å². The van der Waals surface area contributed by atoms with Crippen LogP contribution in [0.1, 0.15) is 15.2 Å². The summed E-state index contributed by atoms with van der Waals surface area (Å²) < 4.78 is 0. The highest BCUT2D eigenvalue weighted by Crippen LogP contribution is 2.22. The summed E-state index contributed by atoms with van der Waals surface area (Å²) in [6.07, 6.45) is 0.765. The van der Waals surface area contributed by atoms with Gasteiger partial charge in [0.2, 0.25) is 0 Å².